The molecule has 1 aliphatic carbocycles. The number of sulfonamides is 1. The summed E-state index contributed by atoms with van der Waals surface area (Å²) in [5.74, 6) is 2.03. The van der Waals surface area contributed by atoms with Crippen molar-refractivity contribution in [3.05, 3.63) is 58.6 Å². The lowest BCUT2D eigenvalue weighted by Crippen LogP contribution is -2.46. The van der Waals surface area contributed by atoms with Crippen molar-refractivity contribution in [3.8, 4) is 12.3 Å². The minimum Gasteiger partial charge on any atom is -0.376 e. The predicted octanol–water partition coefficient (Wildman–Crippen LogP) is 5.77. The maximum absolute atomic E-state index is 15.0. The number of alkyl halides is 1. The fraction of sp³-hybridized carbons (Fsp3) is 0.500. The van der Waals surface area contributed by atoms with Gasteiger partial charge in [-0.1, -0.05) is 24.6 Å². The van der Waals surface area contributed by atoms with E-state index in [9.17, 15) is 23.3 Å². The first-order valence-electron chi connectivity index (χ1n) is 14.1. The van der Waals surface area contributed by atoms with Crippen LogP contribution in [0.4, 0.5) is 15.8 Å². The van der Waals surface area contributed by atoms with Crippen LogP contribution in [0.2, 0.25) is 0 Å². The third-order valence-electron chi connectivity index (χ3n) is 7.28. The van der Waals surface area contributed by atoms with E-state index in [1.807, 2.05) is 37.4 Å². The number of nitro benzene ring substituents is 1. The number of hydrogen-bond acceptors (Lipinski definition) is 8. The van der Waals surface area contributed by atoms with Gasteiger partial charge in [0.15, 0.2) is 5.67 Å². The summed E-state index contributed by atoms with van der Waals surface area (Å²) in [6.07, 6.45) is 10.3. The fourth-order valence-corrected chi connectivity index (χ4v) is 6.84. The number of halogens is 1. The summed E-state index contributed by atoms with van der Waals surface area (Å²) < 4.78 is 42.7. The Bertz CT molecular complexity index is 1350. The van der Waals surface area contributed by atoms with Crippen molar-refractivity contribution in [2.75, 3.05) is 31.2 Å². The molecule has 0 spiro atoms. The first-order chi connectivity index (χ1) is 20.0. The SMILES string of the molecule is C#CCCCCN(C)CC[C@H](CSc1ccccc1)Nc1ccc(S(=O)(=O)NC(=O)C2(F)CCCCC2)cc1[N+](=O)[O-]. The van der Waals surface area contributed by atoms with Gasteiger partial charge in [0.2, 0.25) is 0 Å². The van der Waals surface area contributed by atoms with E-state index in [1.54, 1.807) is 16.5 Å². The number of nitrogens with one attached hydrogen (secondary N) is 2. The van der Waals surface area contributed by atoms with Gasteiger partial charge in [-0.2, -0.15) is 0 Å². The van der Waals surface area contributed by atoms with Crippen molar-refractivity contribution in [2.45, 2.75) is 79.3 Å². The second-order valence-electron chi connectivity index (χ2n) is 10.6. The molecule has 228 valence electrons. The molecule has 0 saturated heterocycles. The zero-order valence-electron chi connectivity index (χ0n) is 23.9. The van der Waals surface area contributed by atoms with E-state index in [-0.39, 0.29) is 24.6 Å². The Hall–Kier alpha value is -3.14. The molecule has 3 rings (SSSR count). The highest BCUT2D eigenvalue weighted by Crippen LogP contribution is 2.33. The smallest absolute Gasteiger partial charge is 0.293 e. The molecule has 0 unspecified atom stereocenters. The van der Waals surface area contributed by atoms with Crippen molar-refractivity contribution in [1.82, 2.24) is 9.62 Å². The highest BCUT2D eigenvalue weighted by atomic mass is 32.2. The third-order valence-corrected chi connectivity index (χ3v) is 9.78. The zero-order valence-corrected chi connectivity index (χ0v) is 25.5. The number of terminal acetylenes is 1. The maximum atomic E-state index is 15.0. The van der Waals surface area contributed by atoms with Crippen LogP contribution in [0.5, 0.6) is 0 Å². The number of hydrogen-bond donors (Lipinski definition) is 2. The molecule has 2 aromatic carbocycles. The molecule has 1 aliphatic rings. The Morgan fingerprint density at radius 1 is 1.17 bits per heavy atom. The van der Waals surface area contributed by atoms with Crippen LogP contribution < -0.4 is 10.0 Å². The van der Waals surface area contributed by atoms with E-state index in [0.29, 0.717) is 25.0 Å². The quantitative estimate of drug-likeness (QED) is 0.0800. The van der Waals surface area contributed by atoms with Crippen molar-refractivity contribution >= 4 is 39.1 Å². The molecule has 0 heterocycles. The highest BCUT2D eigenvalue weighted by Gasteiger charge is 2.41. The number of amides is 1. The molecular weight excluding hydrogens is 579 g/mol. The summed E-state index contributed by atoms with van der Waals surface area (Å²) in [6.45, 7) is 1.61. The third kappa shape index (κ3) is 10.00. The average molecular weight is 619 g/mol. The van der Waals surface area contributed by atoms with Gasteiger partial charge in [-0.05, 0) is 89.3 Å². The van der Waals surface area contributed by atoms with Gasteiger partial charge in [0.25, 0.3) is 21.6 Å². The Labute approximate surface area is 252 Å². The van der Waals surface area contributed by atoms with Gasteiger partial charge < -0.3 is 10.2 Å². The monoisotopic (exact) mass is 618 g/mol. The number of carbonyl (C=O) groups excluding carboxylic acids is 1. The van der Waals surface area contributed by atoms with Gasteiger partial charge >= 0.3 is 0 Å². The Morgan fingerprint density at radius 3 is 2.55 bits per heavy atom. The van der Waals surface area contributed by atoms with Crippen LogP contribution >= 0.6 is 11.8 Å². The molecule has 1 saturated carbocycles. The molecule has 0 radical (unpaired) electrons. The number of carbonyl (C=O) groups is 1. The van der Waals surface area contributed by atoms with Gasteiger partial charge in [-0.3, -0.25) is 14.9 Å². The summed E-state index contributed by atoms with van der Waals surface area (Å²) in [6, 6.07) is 13.0. The maximum Gasteiger partial charge on any atom is 0.293 e. The van der Waals surface area contributed by atoms with Crippen molar-refractivity contribution < 1.29 is 22.5 Å². The molecular formula is C30H39FN4O5S2. The molecule has 0 aromatic heterocycles. The highest BCUT2D eigenvalue weighted by molar-refractivity contribution is 7.99. The normalized spacial score (nSPS) is 15.5. The Kier molecular flexibility index (Phi) is 12.6. The molecule has 2 aromatic rings. The number of nitrogens with zero attached hydrogens (tertiary/aromatic N) is 2. The summed E-state index contributed by atoms with van der Waals surface area (Å²) in [7, 11) is -2.51. The predicted molar refractivity (Wildman–Crippen MR) is 165 cm³/mol. The number of nitro groups is 1. The molecule has 2 N–H and O–H groups in total. The van der Waals surface area contributed by atoms with Crippen LogP contribution in [0.1, 0.15) is 57.8 Å². The molecule has 42 heavy (non-hydrogen) atoms. The van der Waals surface area contributed by atoms with Gasteiger partial charge in [-0.25, -0.2) is 17.5 Å². The number of anilines is 1. The van der Waals surface area contributed by atoms with E-state index < -0.39 is 37.1 Å². The van der Waals surface area contributed by atoms with Crippen LogP contribution in [-0.4, -0.2) is 61.7 Å². The summed E-state index contributed by atoms with van der Waals surface area (Å²) in [5.41, 5.74) is -2.55. The summed E-state index contributed by atoms with van der Waals surface area (Å²) in [4.78, 5) is 26.6. The van der Waals surface area contributed by atoms with Crippen LogP contribution in [-0.2, 0) is 14.8 Å². The molecule has 0 aliphatic heterocycles. The fourth-order valence-electron chi connectivity index (χ4n) is 4.79. The molecule has 12 heteroatoms. The molecule has 1 fully saturated rings. The van der Waals surface area contributed by atoms with Crippen LogP contribution in [0, 0.1) is 22.5 Å². The van der Waals surface area contributed by atoms with E-state index in [4.69, 9.17) is 6.42 Å². The van der Waals surface area contributed by atoms with Crippen molar-refractivity contribution in [3.63, 3.8) is 0 Å². The lowest BCUT2D eigenvalue weighted by molar-refractivity contribution is -0.384. The number of rotatable bonds is 16. The minimum absolute atomic E-state index is 0.0557. The first-order valence-corrected chi connectivity index (χ1v) is 16.6. The first kappa shape index (κ1) is 33.4. The number of unbranched alkanes of at least 4 members (excludes halogenated alkanes) is 2. The lowest BCUT2D eigenvalue weighted by atomic mass is 9.86. The van der Waals surface area contributed by atoms with Crippen LogP contribution in [0.25, 0.3) is 0 Å². The van der Waals surface area contributed by atoms with E-state index in [1.165, 1.54) is 12.1 Å². The Morgan fingerprint density at radius 2 is 1.88 bits per heavy atom. The zero-order chi connectivity index (χ0) is 30.6. The molecule has 0 bridgehead atoms. The standard InChI is InChI=1S/C30H39FN4O5S2/c1-3-4-5-12-20-34(2)21-17-24(23-41-25-13-8-6-9-14-25)32-27-16-15-26(22-28(27)35(37)38)42(39,40)33-29(36)30(31)18-10-7-11-19-30/h1,6,8-9,13-16,22,24,32H,4-5,7,10-12,17-21,23H2,2H3,(H,33,36)/t24-/m1/s1. The number of thioether (sulfide) groups is 1. The number of benzene rings is 2. The van der Waals surface area contributed by atoms with E-state index in [0.717, 1.165) is 49.7 Å². The topological polar surface area (TPSA) is 122 Å². The summed E-state index contributed by atoms with van der Waals surface area (Å²) in [5, 5.41) is 15.3. The van der Waals surface area contributed by atoms with Crippen molar-refractivity contribution in [2.24, 2.45) is 0 Å². The molecule has 9 nitrogen and oxygen atoms in total. The van der Waals surface area contributed by atoms with Crippen LogP contribution in [0.3, 0.4) is 0 Å². The van der Waals surface area contributed by atoms with Gasteiger partial charge in [0.1, 0.15) is 5.69 Å². The van der Waals surface area contributed by atoms with Gasteiger partial charge in [0, 0.05) is 29.2 Å². The van der Waals surface area contributed by atoms with Gasteiger partial charge in [0.05, 0.1) is 9.82 Å². The minimum atomic E-state index is -4.52. The largest absolute Gasteiger partial charge is 0.376 e. The second-order valence-corrected chi connectivity index (χ2v) is 13.4. The lowest BCUT2D eigenvalue weighted by Gasteiger charge is -2.27. The average Bonchev–Trinajstić information content (AvgIpc) is 2.97. The van der Waals surface area contributed by atoms with E-state index in [2.05, 4.69) is 16.1 Å². The van der Waals surface area contributed by atoms with Crippen LogP contribution in [0.15, 0.2) is 58.3 Å². The van der Waals surface area contributed by atoms with Gasteiger partial charge in [-0.15, -0.1) is 24.1 Å². The molecule has 1 amide bonds. The van der Waals surface area contributed by atoms with E-state index >= 15 is 4.39 Å². The molecule has 1 atom stereocenters. The van der Waals surface area contributed by atoms with Crippen molar-refractivity contribution in [1.29, 1.82) is 0 Å². The Balaban J connectivity index is 1.76. The summed E-state index contributed by atoms with van der Waals surface area (Å²) >= 11 is 1.61. The second kappa shape index (κ2) is 15.9.